The van der Waals surface area contributed by atoms with Gasteiger partial charge in [-0.15, -0.1) is 0 Å². The number of imide groups is 1. The molecule has 1 fully saturated rings. The van der Waals surface area contributed by atoms with Gasteiger partial charge in [-0.3, -0.25) is 19.7 Å². The molecule has 8 heteroatoms. The minimum Gasteiger partial charge on any atom is -0.318 e. The number of non-ortho nitro benzene ring substituents is 1. The Hall–Kier alpha value is -4.30. The molecule has 3 atom stereocenters. The van der Waals surface area contributed by atoms with Gasteiger partial charge in [0, 0.05) is 17.8 Å². The summed E-state index contributed by atoms with van der Waals surface area (Å²) in [6, 6.07) is 23.8. The van der Waals surface area contributed by atoms with Crippen molar-refractivity contribution in [3.8, 4) is 0 Å². The fraction of sp³-hybridized carbons (Fsp3) is 0.154. The van der Waals surface area contributed by atoms with Crippen molar-refractivity contribution < 1.29 is 14.5 Å². The van der Waals surface area contributed by atoms with Crippen molar-refractivity contribution in [1.29, 1.82) is 0 Å². The Morgan fingerprint density at radius 3 is 2.12 bits per heavy atom. The second-order valence-corrected chi connectivity index (χ2v) is 8.28. The van der Waals surface area contributed by atoms with E-state index in [1.165, 1.54) is 17.0 Å². The summed E-state index contributed by atoms with van der Waals surface area (Å²) in [5.41, 5.74) is 5.47. The highest BCUT2D eigenvalue weighted by atomic mass is 16.6. The van der Waals surface area contributed by atoms with Crippen molar-refractivity contribution in [1.82, 2.24) is 5.01 Å². The summed E-state index contributed by atoms with van der Waals surface area (Å²) >= 11 is 0. The van der Waals surface area contributed by atoms with E-state index >= 15 is 0 Å². The second kappa shape index (κ2) is 8.92. The van der Waals surface area contributed by atoms with Crippen molar-refractivity contribution in [3.05, 3.63) is 113 Å². The Morgan fingerprint density at radius 1 is 0.824 bits per heavy atom. The average molecular weight is 454 g/mol. The molecule has 0 bridgehead atoms. The Kier molecular flexibility index (Phi) is 5.65. The molecule has 3 aromatic carbocycles. The third-order valence-corrected chi connectivity index (χ3v) is 6.16. The summed E-state index contributed by atoms with van der Waals surface area (Å²) in [7, 11) is 0. The van der Waals surface area contributed by atoms with Crippen LogP contribution >= 0.6 is 0 Å². The maximum absolute atomic E-state index is 13.6. The van der Waals surface area contributed by atoms with Gasteiger partial charge in [-0.25, -0.2) is 9.91 Å². The second-order valence-electron chi connectivity index (χ2n) is 8.28. The molecule has 5 rings (SSSR count). The summed E-state index contributed by atoms with van der Waals surface area (Å²) in [6.45, 7) is 0. The molecule has 0 saturated carbocycles. The first-order valence-electron chi connectivity index (χ1n) is 11.0. The van der Waals surface area contributed by atoms with Crippen LogP contribution in [0.3, 0.4) is 0 Å². The predicted octanol–water partition coefficient (Wildman–Crippen LogP) is 3.96. The van der Waals surface area contributed by atoms with E-state index in [0.29, 0.717) is 17.8 Å². The molecule has 0 aromatic heterocycles. The summed E-state index contributed by atoms with van der Waals surface area (Å²) in [5.74, 6) is -1.21. The maximum Gasteiger partial charge on any atom is 0.269 e. The van der Waals surface area contributed by atoms with Crippen LogP contribution in [0.2, 0.25) is 0 Å². The Morgan fingerprint density at radius 2 is 1.47 bits per heavy atom. The van der Waals surface area contributed by atoms with Gasteiger partial charge in [0.15, 0.2) is 0 Å². The first-order valence-corrected chi connectivity index (χ1v) is 11.0. The number of benzene rings is 3. The topological polar surface area (TPSA) is 95.8 Å². The molecule has 2 aliphatic rings. The smallest absolute Gasteiger partial charge is 0.269 e. The zero-order chi connectivity index (χ0) is 23.7. The Labute approximate surface area is 196 Å². The van der Waals surface area contributed by atoms with Crippen LogP contribution in [-0.2, 0) is 16.0 Å². The molecule has 0 radical (unpaired) electrons. The van der Waals surface area contributed by atoms with Gasteiger partial charge in [0.1, 0.15) is 6.04 Å². The first kappa shape index (κ1) is 21.5. The minimum atomic E-state index is -0.749. The van der Waals surface area contributed by atoms with E-state index in [4.69, 9.17) is 0 Å². The summed E-state index contributed by atoms with van der Waals surface area (Å²) in [4.78, 5) is 38.7. The van der Waals surface area contributed by atoms with Crippen LogP contribution in [0.25, 0.3) is 0 Å². The molecule has 2 aliphatic heterocycles. The number of anilines is 2. The number of hydrogen-bond donors (Lipinski definition) is 1. The third-order valence-electron chi connectivity index (χ3n) is 6.16. The summed E-state index contributed by atoms with van der Waals surface area (Å²) < 4.78 is 0. The quantitative estimate of drug-likeness (QED) is 0.262. The Balaban J connectivity index is 1.50. The molecular weight excluding hydrogens is 432 g/mol. The van der Waals surface area contributed by atoms with Gasteiger partial charge in [0.2, 0.25) is 5.91 Å². The molecule has 34 heavy (non-hydrogen) atoms. The lowest BCUT2D eigenvalue weighted by atomic mass is 9.92. The van der Waals surface area contributed by atoms with Crippen LogP contribution in [0.4, 0.5) is 17.1 Å². The summed E-state index contributed by atoms with van der Waals surface area (Å²) in [6.07, 6.45) is 4.40. The van der Waals surface area contributed by atoms with E-state index in [1.807, 2.05) is 53.6 Å². The van der Waals surface area contributed by atoms with Gasteiger partial charge in [0.25, 0.3) is 11.6 Å². The molecular formula is C26H22N4O4. The van der Waals surface area contributed by atoms with Crippen molar-refractivity contribution in [2.24, 2.45) is 5.92 Å². The van der Waals surface area contributed by atoms with Crippen LogP contribution in [0.5, 0.6) is 0 Å². The number of amides is 2. The van der Waals surface area contributed by atoms with Gasteiger partial charge in [-0.1, -0.05) is 60.7 Å². The normalized spacial score (nSPS) is 22.0. The van der Waals surface area contributed by atoms with E-state index in [2.05, 4.69) is 5.43 Å². The van der Waals surface area contributed by atoms with Gasteiger partial charge in [-0.05, 0) is 36.2 Å². The zero-order valence-corrected chi connectivity index (χ0v) is 18.2. The number of nitrogens with zero attached hydrogens (tertiary/aromatic N) is 3. The third kappa shape index (κ3) is 3.95. The molecule has 2 amide bonds. The van der Waals surface area contributed by atoms with Crippen molar-refractivity contribution in [2.45, 2.75) is 18.5 Å². The lowest BCUT2D eigenvalue weighted by Crippen LogP contribution is -2.54. The highest BCUT2D eigenvalue weighted by Crippen LogP contribution is 2.35. The van der Waals surface area contributed by atoms with Gasteiger partial charge in [-0.2, -0.15) is 0 Å². The lowest BCUT2D eigenvalue weighted by Gasteiger charge is -2.38. The lowest BCUT2D eigenvalue weighted by molar-refractivity contribution is -0.384. The van der Waals surface area contributed by atoms with E-state index in [-0.39, 0.29) is 23.5 Å². The minimum absolute atomic E-state index is 0.0230. The largest absolute Gasteiger partial charge is 0.318 e. The highest BCUT2D eigenvalue weighted by molar-refractivity contribution is 6.24. The number of hydrogen-bond acceptors (Lipinski definition) is 6. The van der Waals surface area contributed by atoms with Gasteiger partial charge in [0.05, 0.1) is 22.6 Å². The van der Waals surface area contributed by atoms with Crippen molar-refractivity contribution in [3.63, 3.8) is 0 Å². The molecule has 0 spiro atoms. The molecule has 3 aromatic rings. The SMILES string of the molecule is O=C1C2C=CC(Cc3ccccc3)N(Nc3ccc([N+](=O)[O-])cc3)C2C(=O)N1c1ccccc1. The van der Waals surface area contributed by atoms with Crippen LogP contribution in [0, 0.1) is 16.0 Å². The first-order chi connectivity index (χ1) is 16.5. The van der Waals surface area contributed by atoms with Crippen molar-refractivity contribution >= 4 is 28.9 Å². The van der Waals surface area contributed by atoms with E-state index in [0.717, 1.165) is 5.56 Å². The number of carbonyl (C=O) groups excluding carboxylic acids is 2. The molecule has 2 heterocycles. The molecule has 3 unspecified atom stereocenters. The molecule has 170 valence electrons. The summed E-state index contributed by atoms with van der Waals surface area (Å²) in [5, 5.41) is 12.8. The van der Waals surface area contributed by atoms with E-state index in [1.54, 1.807) is 36.4 Å². The van der Waals surface area contributed by atoms with Crippen molar-refractivity contribution in [2.75, 3.05) is 10.3 Å². The predicted molar refractivity (Wildman–Crippen MR) is 128 cm³/mol. The van der Waals surface area contributed by atoms with Crippen LogP contribution < -0.4 is 10.3 Å². The number of nitrogens with one attached hydrogen (secondary N) is 1. The zero-order valence-electron chi connectivity index (χ0n) is 18.2. The molecule has 0 aliphatic carbocycles. The number of rotatable bonds is 6. The number of para-hydroxylation sites is 1. The number of fused-ring (bicyclic) bond motifs is 1. The Bertz CT molecular complexity index is 1240. The number of hydrazine groups is 1. The van der Waals surface area contributed by atoms with Crippen LogP contribution in [0.15, 0.2) is 97.1 Å². The number of carbonyl (C=O) groups is 2. The molecule has 1 saturated heterocycles. The monoisotopic (exact) mass is 454 g/mol. The van der Waals surface area contributed by atoms with Crippen LogP contribution in [0.1, 0.15) is 5.56 Å². The number of nitro benzene ring substituents is 1. The van der Waals surface area contributed by atoms with E-state index in [9.17, 15) is 19.7 Å². The van der Waals surface area contributed by atoms with E-state index < -0.39 is 16.9 Å². The molecule has 1 N–H and O–H groups in total. The fourth-order valence-corrected chi connectivity index (χ4v) is 4.52. The average Bonchev–Trinajstić information content (AvgIpc) is 3.12. The number of nitro groups is 1. The maximum atomic E-state index is 13.6. The standard InChI is InChI=1S/C26H22N4O4/c31-25-23-16-15-22(17-18-7-3-1-4-8-18)29(27-19-11-13-21(14-12-19)30(33)34)24(23)26(32)28(25)20-9-5-2-6-10-20/h1-16,22-24,27H,17H2. The van der Waals surface area contributed by atoms with Gasteiger partial charge < -0.3 is 5.43 Å². The van der Waals surface area contributed by atoms with Gasteiger partial charge >= 0.3 is 0 Å². The highest BCUT2D eigenvalue weighted by Gasteiger charge is 2.53. The fourth-order valence-electron chi connectivity index (χ4n) is 4.52. The van der Waals surface area contributed by atoms with Crippen LogP contribution in [-0.4, -0.2) is 33.8 Å². The molecule has 8 nitrogen and oxygen atoms in total.